The van der Waals surface area contributed by atoms with Crippen molar-refractivity contribution >= 4 is 5.91 Å². The fourth-order valence-electron chi connectivity index (χ4n) is 1.95. The molecule has 6 heteroatoms. The van der Waals surface area contributed by atoms with Crippen molar-refractivity contribution in [1.29, 1.82) is 0 Å². The topological polar surface area (TPSA) is 84.2 Å². The molecule has 1 fully saturated rings. The van der Waals surface area contributed by atoms with Crippen LogP contribution in [0.4, 0.5) is 0 Å². The van der Waals surface area contributed by atoms with Crippen LogP contribution in [0, 0.1) is 0 Å². The minimum Gasteiger partial charge on any atom is -0.394 e. The van der Waals surface area contributed by atoms with Crippen LogP contribution in [0.15, 0.2) is 0 Å². The standard InChI is InChI=1S/C10H20N2O4.C2H6/c1-9(16)11-2-4-12(5-3-11)10(6-13,7-14)8-15;1-2/h13-15H,2-8H2,1H3;1-2H3. The van der Waals surface area contributed by atoms with E-state index in [2.05, 4.69) is 0 Å². The molecule has 0 atom stereocenters. The van der Waals surface area contributed by atoms with Gasteiger partial charge >= 0.3 is 0 Å². The lowest BCUT2D eigenvalue weighted by atomic mass is 9.99. The lowest BCUT2D eigenvalue weighted by molar-refractivity contribution is -0.133. The third-order valence-corrected chi connectivity index (χ3v) is 3.28. The van der Waals surface area contributed by atoms with Gasteiger partial charge in [-0.05, 0) is 0 Å². The predicted molar refractivity (Wildman–Crippen MR) is 69.2 cm³/mol. The van der Waals surface area contributed by atoms with Gasteiger partial charge in [-0.25, -0.2) is 0 Å². The Balaban J connectivity index is 0.00000137. The Morgan fingerprint density at radius 1 is 1.00 bits per heavy atom. The summed E-state index contributed by atoms with van der Waals surface area (Å²) >= 11 is 0. The zero-order valence-electron chi connectivity index (χ0n) is 11.6. The number of carbonyl (C=O) groups excluding carboxylic acids is 1. The van der Waals surface area contributed by atoms with E-state index in [0.29, 0.717) is 26.2 Å². The molecule has 0 saturated carbocycles. The van der Waals surface area contributed by atoms with Gasteiger partial charge in [0.2, 0.25) is 5.91 Å². The van der Waals surface area contributed by atoms with E-state index in [-0.39, 0.29) is 25.7 Å². The van der Waals surface area contributed by atoms with Gasteiger partial charge in [0.25, 0.3) is 0 Å². The molecule has 1 rings (SSSR count). The average Bonchev–Trinajstić information content (AvgIpc) is 2.44. The van der Waals surface area contributed by atoms with Gasteiger partial charge in [0.15, 0.2) is 0 Å². The van der Waals surface area contributed by atoms with E-state index in [1.807, 2.05) is 18.7 Å². The van der Waals surface area contributed by atoms with Crippen LogP contribution < -0.4 is 0 Å². The van der Waals surface area contributed by atoms with Crippen molar-refractivity contribution in [1.82, 2.24) is 9.80 Å². The molecule has 1 amide bonds. The number of hydrogen-bond acceptors (Lipinski definition) is 5. The summed E-state index contributed by atoms with van der Waals surface area (Å²) in [5, 5.41) is 27.8. The van der Waals surface area contributed by atoms with E-state index >= 15 is 0 Å². The summed E-state index contributed by atoms with van der Waals surface area (Å²) in [7, 11) is 0. The van der Waals surface area contributed by atoms with Crippen LogP contribution in [0.1, 0.15) is 20.8 Å². The maximum absolute atomic E-state index is 11.1. The number of aliphatic hydroxyl groups excluding tert-OH is 3. The average molecular weight is 262 g/mol. The van der Waals surface area contributed by atoms with Crippen molar-refractivity contribution in [3.05, 3.63) is 0 Å². The molecule has 0 bridgehead atoms. The summed E-state index contributed by atoms with van der Waals surface area (Å²) in [4.78, 5) is 14.7. The highest BCUT2D eigenvalue weighted by Crippen LogP contribution is 2.16. The van der Waals surface area contributed by atoms with E-state index in [4.69, 9.17) is 0 Å². The first-order valence-corrected chi connectivity index (χ1v) is 6.43. The molecular formula is C12H26N2O4. The second kappa shape index (κ2) is 8.42. The van der Waals surface area contributed by atoms with Gasteiger partial charge < -0.3 is 20.2 Å². The number of nitrogens with zero attached hydrogens (tertiary/aromatic N) is 2. The highest BCUT2D eigenvalue weighted by atomic mass is 16.3. The summed E-state index contributed by atoms with van der Waals surface area (Å²) < 4.78 is 0. The quantitative estimate of drug-likeness (QED) is 0.598. The summed E-state index contributed by atoms with van der Waals surface area (Å²) in [6.45, 7) is 6.89. The molecule has 0 aromatic rings. The first-order chi connectivity index (χ1) is 8.59. The molecular weight excluding hydrogens is 236 g/mol. The van der Waals surface area contributed by atoms with Crippen molar-refractivity contribution in [3.63, 3.8) is 0 Å². The van der Waals surface area contributed by atoms with E-state index < -0.39 is 5.54 Å². The fourth-order valence-corrected chi connectivity index (χ4v) is 1.95. The van der Waals surface area contributed by atoms with Gasteiger partial charge in [-0.2, -0.15) is 0 Å². The zero-order valence-corrected chi connectivity index (χ0v) is 11.6. The molecule has 0 unspecified atom stereocenters. The van der Waals surface area contributed by atoms with Gasteiger partial charge in [-0.15, -0.1) is 0 Å². The van der Waals surface area contributed by atoms with Crippen molar-refractivity contribution < 1.29 is 20.1 Å². The van der Waals surface area contributed by atoms with Crippen LogP contribution in [-0.2, 0) is 4.79 Å². The molecule has 1 aliphatic rings. The van der Waals surface area contributed by atoms with Crippen LogP contribution in [0.3, 0.4) is 0 Å². The number of rotatable bonds is 4. The Morgan fingerprint density at radius 3 is 1.67 bits per heavy atom. The Bertz CT molecular complexity index is 228. The molecule has 0 aromatic heterocycles. The van der Waals surface area contributed by atoms with Gasteiger partial charge in [-0.1, -0.05) is 13.8 Å². The third-order valence-electron chi connectivity index (χ3n) is 3.28. The normalized spacial score (nSPS) is 17.1. The van der Waals surface area contributed by atoms with Crippen molar-refractivity contribution in [3.8, 4) is 0 Å². The number of aliphatic hydroxyl groups is 3. The van der Waals surface area contributed by atoms with Gasteiger partial charge in [0.05, 0.1) is 25.4 Å². The number of amides is 1. The van der Waals surface area contributed by atoms with Crippen LogP contribution >= 0.6 is 0 Å². The van der Waals surface area contributed by atoms with Crippen LogP contribution in [0.2, 0.25) is 0 Å². The second-order valence-electron chi connectivity index (χ2n) is 4.19. The first kappa shape index (κ1) is 17.3. The molecule has 0 aromatic carbocycles. The minimum absolute atomic E-state index is 0.0299. The first-order valence-electron chi connectivity index (χ1n) is 6.43. The SMILES string of the molecule is CC.CC(=O)N1CCN(C(CO)(CO)CO)CC1. The molecule has 18 heavy (non-hydrogen) atoms. The summed E-state index contributed by atoms with van der Waals surface area (Å²) in [5.74, 6) is 0.0299. The van der Waals surface area contributed by atoms with Crippen LogP contribution in [0.25, 0.3) is 0 Å². The Hall–Kier alpha value is -0.690. The summed E-state index contributed by atoms with van der Waals surface area (Å²) in [6.07, 6.45) is 0. The lowest BCUT2D eigenvalue weighted by Gasteiger charge is -2.44. The van der Waals surface area contributed by atoms with Crippen molar-refractivity contribution in [2.45, 2.75) is 26.3 Å². The van der Waals surface area contributed by atoms with Gasteiger partial charge in [0.1, 0.15) is 0 Å². The molecule has 0 radical (unpaired) electrons. The number of piperazine rings is 1. The van der Waals surface area contributed by atoms with Gasteiger partial charge in [-0.3, -0.25) is 9.69 Å². The summed E-state index contributed by atoms with van der Waals surface area (Å²) in [6, 6.07) is 0. The van der Waals surface area contributed by atoms with Gasteiger partial charge in [0, 0.05) is 33.1 Å². The second-order valence-corrected chi connectivity index (χ2v) is 4.19. The Morgan fingerprint density at radius 2 is 1.39 bits per heavy atom. The van der Waals surface area contributed by atoms with Crippen molar-refractivity contribution in [2.75, 3.05) is 46.0 Å². The number of carbonyl (C=O) groups is 1. The van der Waals surface area contributed by atoms with E-state index in [1.54, 1.807) is 4.90 Å². The highest BCUT2D eigenvalue weighted by molar-refractivity contribution is 5.73. The number of hydrogen-bond donors (Lipinski definition) is 3. The third kappa shape index (κ3) is 3.91. The Labute approximate surface area is 109 Å². The zero-order chi connectivity index (χ0) is 14.2. The highest BCUT2D eigenvalue weighted by Gasteiger charge is 2.37. The fraction of sp³-hybridized carbons (Fsp3) is 0.917. The van der Waals surface area contributed by atoms with E-state index in [9.17, 15) is 20.1 Å². The molecule has 1 heterocycles. The smallest absolute Gasteiger partial charge is 0.219 e. The maximum Gasteiger partial charge on any atom is 0.219 e. The lowest BCUT2D eigenvalue weighted by Crippen LogP contribution is -2.63. The maximum atomic E-state index is 11.1. The Kier molecular flexibility index (Phi) is 8.10. The molecule has 1 aliphatic heterocycles. The van der Waals surface area contributed by atoms with Crippen LogP contribution in [-0.4, -0.2) is 82.6 Å². The monoisotopic (exact) mass is 262 g/mol. The largest absolute Gasteiger partial charge is 0.394 e. The molecule has 0 spiro atoms. The van der Waals surface area contributed by atoms with E-state index in [1.165, 1.54) is 6.92 Å². The van der Waals surface area contributed by atoms with Crippen LogP contribution in [0.5, 0.6) is 0 Å². The predicted octanol–water partition coefficient (Wildman–Crippen LogP) is -1.11. The van der Waals surface area contributed by atoms with E-state index in [0.717, 1.165) is 0 Å². The molecule has 1 saturated heterocycles. The molecule has 108 valence electrons. The molecule has 6 nitrogen and oxygen atoms in total. The van der Waals surface area contributed by atoms with Crippen molar-refractivity contribution in [2.24, 2.45) is 0 Å². The molecule has 3 N–H and O–H groups in total. The minimum atomic E-state index is -0.969. The molecule has 0 aliphatic carbocycles. The summed E-state index contributed by atoms with van der Waals surface area (Å²) in [5.41, 5.74) is -0.969.